The number of likely N-dealkylation sites (tertiary alicyclic amines) is 2. The third-order valence-corrected chi connectivity index (χ3v) is 6.11. The lowest BCUT2D eigenvalue weighted by molar-refractivity contribution is -0.136. The molecule has 4 nitrogen and oxygen atoms in total. The van der Waals surface area contributed by atoms with Crippen LogP contribution in [-0.4, -0.2) is 47.3 Å². The molecule has 4 rings (SSSR count). The number of nitrogens with zero attached hydrogens (tertiary/aromatic N) is 2. The Morgan fingerprint density at radius 2 is 1.57 bits per heavy atom. The highest BCUT2D eigenvalue weighted by Gasteiger charge is 2.37. The first-order chi connectivity index (χ1) is 13.6. The summed E-state index contributed by atoms with van der Waals surface area (Å²) < 4.78 is 0. The molecule has 2 aliphatic heterocycles. The van der Waals surface area contributed by atoms with E-state index in [4.69, 9.17) is 0 Å². The van der Waals surface area contributed by atoms with Gasteiger partial charge in [-0.25, -0.2) is 0 Å². The van der Waals surface area contributed by atoms with Crippen molar-refractivity contribution < 1.29 is 9.59 Å². The molecular weight excluding hydrogens is 348 g/mol. The predicted octanol–water partition coefficient (Wildman–Crippen LogP) is 4.22. The molecule has 2 aromatic carbocycles. The molecule has 2 aromatic rings. The minimum atomic E-state index is -0.304. The number of benzene rings is 2. The number of hydrogen-bond donors (Lipinski definition) is 0. The van der Waals surface area contributed by atoms with Crippen LogP contribution in [0.15, 0.2) is 54.6 Å². The zero-order valence-corrected chi connectivity index (χ0v) is 16.5. The predicted molar refractivity (Wildman–Crippen MR) is 111 cm³/mol. The molecule has 0 saturated carbocycles. The third-order valence-electron chi connectivity index (χ3n) is 6.11. The van der Waals surface area contributed by atoms with E-state index in [0.29, 0.717) is 18.0 Å². The number of hydrogen-bond acceptors (Lipinski definition) is 2. The van der Waals surface area contributed by atoms with E-state index in [1.165, 1.54) is 0 Å². The zero-order valence-electron chi connectivity index (χ0n) is 16.5. The summed E-state index contributed by atoms with van der Waals surface area (Å²) in [6.45, 7) is 4.55. The van der Waals surface area contributed by atoms with Crippen molar-refractivity contribution in [1.29, 1.82) is 0 Å². The molecule has 0 radical (unpaired) electrons. The molecule has 0 spiro atoms. The number of rotatable bonds is 3. The Bertz CT molecular complexity index is 841. The maximum atomic E-state index is 13.2. The summed E-state index contributed by atoms with van der Waals surface area (Å²) in [7, 11) is 0. The van der Waals surface area contributed by atoms with Crippen LogP contribution in [0.3, 0.4) is 0 Å². The van der Waals surface area contributed by atoms with Crippen LogP contribution < -0.4 is 0 Å². The molecule has 4 heteroatoms. The summed E-state index contributed by atoms with van der Waals surface area (Å²) in [6.07, 6.45) is 3.79. The van der Waals surface area contributed by atoms with Crippen molar-refractivity contribution in [2.45, 2.75) is 38.6 Å². The molecule has 0 N–H and O–H groups in total. The third kappa shape index (κ3) is 3.82. The Kier molecular flexibility index (Phi) is 5.47. The van der Waals surface area contributed by atoms with Gasteiger partial charge in [-0.15, -0.1) is 0 Å². The van der Waals surface area contributed by atoms with Crippen LogP contribution in [0.4, 0.5) is 0 Å². The van der Waals surface area contributed by atoms with Crippen molar-refractivity contribution in [1.82, 2.24) is 9.80 Å². The topological polar surface area (TPSA) is 40.6 Å². The first-order valence-corrected chi connectivity index (χ1v) is 10.4. The van der Waals surface area contributed by atoms with Crippen molar-refractivity contribution in [3.05, 3.63) is 60.2 Å². The van der Waals surface area contributed by atoms with Crippen LogP contribution >= 0.6 is 0 Å². The highest BCUT2D eigenvalue weighted by molar-refractivity contribution is 5.98. The Morgan fingerprint density at radius 3 is 2.32 bits per heavy atom. The summed E-state index contributed by atoms with van der Waals surface area (Å²) in [4.78, 5) is 30.1. The fourth-order valence-corrected chi connectivity index (χ4v) is 4.33. The second-order valence-electron chi connectivity index (χ2n) is 8.11. The van der Waals surface area contributed by atoms with Gasteiger partial charge in [0, 0.05) is 25.2 Å². The van der Waals surface area contributed by atoms with E-state index in [2.05, 4.69) is 6.92 Å². The Hall–Kier alpha value is -2.62. The quantitative estimate of drug-likeness (QED) is 0.805. The van der Waals surface area contributed by atoms with Gasteiger partial charge in [-0.2, -0.15) is 0 Å². The minimum Gasteiger partial charge on any atom is -0.341 e. The number of carbonyl (C=O) groups excluding carboxylic acids is 2. The van der Waals surface area contributed by atoms with Gasteiger partial charge in [0.1, 0.15) is 6.04 Å². The second kappa shape index (κ2) is 8.17. The monoisotopic (exact) mass is 376 g/mol. The van der Waals surface area contributed by atoms with E-state index in [1.54, 1.807) is 4.90 Å². The normalized spacial score (nSPS) is 20.4. The van der Waals surface area contributed by atoms with Crippen LogP contribution in [0.2, 0.25) is 0 Å². The Morgan fingerprint density at radius 1 is 0.857 bits per heavy atom. The fraction of sp³-hybridized carbons (Fsp3) is 0.417. The lowest BCUT2D eigenvalue weighted by Gasteiger charge is -2.34. The summed E-state index contributed by atoms with van der Waals surface area (Å²) in [5.41, 5.74) is 2.78. The van der Waals surface area contributed by atoms with Gasteiger partial charge < -0.3 is 9.80 Å². The van der Waals surface area contributed by atoms with Crippen LogP contribution in [0, 0.1) is 5.92 Å². The Labute approximate surface area is 167 Å². The molecule has 0 unspecified atom stereocenters. The zero-order chi connectivity index (χ0) is 19.5. The number of amides is 2. The summed E-state index contributed by atoms with van der Waals surface area (Å²) in [5, 5.41) is 0. The van der Waals surface area contributed by atoms with Gasteiger partial charge in [0.05, 0.1) is 0 Å². The van der Waals surface area contributed by atoms with E-state index in [1.807, 2.05) is 59.5 Å². The highest BCUT2D eigenvalue weighted by atomic mass is 16.2. The SMILES string of the molecule is CC1CCN(C(=O)[C@@H]2CCCN2C(=O)c2cccc(-c3ccccc3)c2)CC1. The lowest BCUT2D eigenvalue weighted by atomic mass is 9.98. The standard InChI is InChI=1S/C24H28N2O2/c1-18-12-15-25(16-13-18)24(28)22-11-6-14-26(22)23(27)21-10-5-9-20(17-21)19-7-3-2-4-8-19/h2-5,7-10,17-18,22H,6,11-16H2,1H3/t22-/m0/s1. The second-order valence-corrected chi connectivity index (χ2v) is 8.11. The van der Waals surface area contributed by atoms with Gasteiger partial charge in [0.2, 0.25) is 5.91 Å². The van der Waals surface area contributed by atoms with Gasteiger partial charge in [-0.05, 0) is 54.9 Å². The highest BCUT2D eigenvalue weighted by Crippen LogP contribution is 2.26. The van der Waals surface area contributed by atoms with Crippen molar-refractivity contribution in [3.63, 3.8) is 0 Å². The average molecular weight is 377 g/mol. The molecule has 2 fully saturated rings. The average Bonchev–Trinajstić information content (AvgIpc) is 3.24. The smallest absolute Gasteiger partial charge is 0.254 e. The first-order valence-electron chi connectivity index (χ1n) is 10.4. The van der Waals surface area contributed by atoms with E-state index < -0.39 is 0 Å². The fourth-order valence-electron chi connectivity index (χ4n) is 4.33. The van der Waals surface area contributed by atoms with E-state index in [-0.39, 0.29) is 17.9 Å². The minimum absolute atomic E-state index is 0.0287. The molecule has 146 valence electrons. The van der Waals surface area contributed by atoms with Crippen molar-refractivity contribution in [2.75, 3.05) is 19.6 Å². The number of carbonyl (C=O) groups is 2. The molecular formula is C24H28N2O2. The van der Waals surface area contributed by atoms with Gasteiger partial charge in [0.15, 0.2) is 0 Å². The lowest BCUT2D eigenvalue weighted by Crippen LogP contribution is -2.49. The van der Waals surface area contributed by atoms with E-state index >= 15 is 0 Å². The van der Waals surface area contributed by atoms with Crippen LogP contribution in [0.1, 0.15) is 43.0 Å². The molecule has 2 heterocycles. The Balaban J connectivity index is 1.52. The largest absolute Gasteiger partial charge is 0.341 e. The molecule has 0 aliphatic carbocycles. The van der Waals surface area contributed by atoms with Gasteiger partial charge >= 0.3 is 0 Å². The van der Waals surface area contributed by atoms with Crippen LogP contribution in [0.5, 0.6) is 0 Å². The number of piperidine rings is 1. The molecule has 2 saturated heterocycles. The molecule has 0 aromatic heterocycles. The molecule has 1 atom stereocenters. The van der Waals surface area contributed by atoms with Gasteiger partial charge in [-0.3, -0.25) is 9.59 Å². The van der Waals surface area contributed by atoms with Gasteiger partial charge in [-0.1, -0.05) is 49.4 Å². The molecule has 0 bridgehead atoms. The first kappa shape index (κ1) is 18.7. The maximum Gasteiger partial charge on any atom is 0.254 e. The molecule has 2 amide bonds. The van der Waals surface area contributed by atoms with E-state index in [9.17, 15) is 9.59 Å². The van der Waals surface area contributed by atoms with Crippen LogP contribution in [-0.2, 0) is 4.79 Å². The van der Waals surface area contributed by atoms with Crippen LogP contribution in [0.25, 0.3) is 11.1 Å². The van der Waals surface area contributed by atoms with Crippen molar-refractivity contribution in [3.8, 4) is 11.1 Å². The maximum absolute atomic E-state index is 13.2. The summed E-state index contributed by atoms with van der Waals surface area (Å²) >= 11 is 0. The van der Waals surface area contributed by atoms with Crippen molar-refractivity contribution in [2.24, 2.45) is 5.92 Å². The van der Waals surface area contributed by atoms with Gasteiger partial charge in [0.25, 0.3) is 5.91 Å². The van der Waals surface area contributed by atoms with E-state index in [0.717, 1.165) is 49.9 Å². The van der Waals surface area contributed by atoms with Crippen molar-refractivity contribution >= 4 is 11.8 Å². The summed E-state index contributed by atoms with van der Waals surface area (Å²) in [5.74, 6) is 0.794. The molecule has 28 heavy (non-hydrogen) atoms. The molecule has 2 aliphatic rings. The summed E-state index contributed by atoms with van der Waals surface area (Å²) in [6, 6.07) is 17.5.